The first kappa shape index (κ1) is 17.9. The second kappa shape index (κ2) is 5.80. The third-order valence-corrected chi connectivity index (χ3v) is 9.37. The zero-order valence-corrected chi connectivity index (χ0v) is 17.2. The van der Waals surface area contributed by atoms with Crippen molar-refractivity contribution < 1.29 is 9.18 Å². The largest absolute Gasteiger partial charge is 0.353 e. The van der Waals surface area contributed by atoms with E-state index in [2.05, 4.69) is 30.2 Å². The summed E-state index contributed by atoms with van der Waals surface area (Å²) in [4.78, 5) is 16.4. The Labute approximate surface area is 171 Å². The molecule has 2 heterocycles. The normalized spacial score (nSPS) is 44.9. The molecule has 2 unspecified atom stereocenters. The van der Waals surface area contributed by atoms with Crippen LogP contribution in [-0.4, -0.2) is 17.4 Å². The minimum Gasteiger partial charge on any atom is -0.353 e. The summed E-state index contributed by atoms with van der Waals surface area (Å²) in [6.45, 7) is 5.64. The van der Waals surface area contributed by atoms with E-state index in [9.17, 15) is 9.18 Å². The third kappa shape index (κ3) is 2.35. The van der Waals surface area contributed by atoms with Crippen LogP contribution in [0.4, 0.5) is 4.39 Å². The number of halogens is 1. The molecule has 3 saturated carbocycles. The molecular weight excluding hydrogens is 363 g/mol. The van der Waals surface area contributed by atoms with Crippen molar-refractivity contribution in [2.24, 2.45) is 40.4 Å². The van der Waals surface area contributed by atoms with Crippen molar-refractivity contribution in [2.75, 3.05) is 6.54 Å². The van der Waals surface area contributed by atoms with Gasteiger partial charge in [-0.1, -0.05) is 25.5 Å². The Bertz CT molecular complexity index is 967. The minimum absolute atomic E-state index is 0.108. The van der Waals surface area contributed by atoms with Gasteiger partial charge >= 0.3 is 0 Å². The molecule has 0 aromatic carbocycles. The Balaban J connectivity index is 1.38. The predicted molar refractivity (Wildman–Crippen MR) is 110 cm³/mol. The summed E-state index contributed by atoms with van der Waals surface area (Å²) in [7, 11) is 0. The number of carbonyl (C=O) groups excluding carboxylic acids is 1. The molecule has 0 bridgehead atoms. The van der Waals surface area contributed by atoms with Crippen LogP contribution in [0.1, 0.15) is 51.5 Å². The summed E-state index contributed by atoms with van der Waals surface area (Å²) in [5.41, 5.74) is 3.98. The Morgan fingerprint density at radius 2 is 2.03 bits per heavy atom. The van der Waals surface area contributed by atoms with E-state index in [0.717, 1.165) is 37.3 Å². The molecule has 0 saturated heterocycles. The SMILES string of the molecule is C[C@]12CCNC(=O)C=C1C1CC1[C@@H]1[C@@H]2CC[C@]2(C)C(c3cncc(F)c3)=CC[C@@H]12. The molecule has 3 fully saturated rings. The van der Waals surface area contributed by atoms with Crippen LogP contribution in [0.2, 0.25) is 0 Å². The highest BCUT2D eigenvalue weighted by Gasteiger charge is 2.66. The molecule has 7 atom stereocenters. The second-order valence-electron chi connectivity index (χ2n) is 10.6. The minimum atomic E-state index is -0.248. The number of aromatic nitrogens is 1. The smallest absolute Gasteiger partial charge is 0.243 e. The number of hydrogen-bond donors (Lipinski definition) is 1. The molecule has 5 aliphatic rings. The molecule has 1 N–H and O–H groups in total. The zero-order chi connectivity index (χ0) is 20.0. The van der Waals surface area contributed by atoms with Crippen LogP contribution in [0.3, 0.4) is 0 Å². The third-order valence-electron chi connectivity index (χ3n) is 9.37. The van der Waals surface area contributed by atoms with Crippen LogP contribution < -0.4 is 5.32 Å². The van der Waals surface area contributed by atoms with Gasteiger partial charge in [-0.25, -0.2) is 4.39 Å². The van der Waals surface area contributed by atoms with E-state index in [-0.39, 0.29) is 22.6 Å². The van der Waals surface area contributed by atoms with Crippen LogP contribution in [0.5, 0.6) is 0 Å². The van der Waals surface area contributed by atoms with Crippen molar-refractivity contribution in [3.8, 4) is 0 Å². The Kier molecular flexibility index (Phi) is 3.57. The van der Waals surface area contributed by atoms with Crippen molar-refractivity contribution in [1.82, 2.24) is 10.3 Å². The highest BCUT2D eigenvalue weighted by atomic mass is 19.1. The molecule has 152 valence electrons. The first-order valence-corrected chi connectivity index (χ1v) is 11.2. The fourth-order valence-electron chi connectivity index (χ4n) is 7.99. The number of allylic oxidation sites excluding steroid dienone is 3. The van der Waals surface area contributed by atoms with E-state index >= 15 is 0 Å². The number of pyridine rings is 1. The molecular formula is C25H29FN2O. The Morgan fingerprint density at radius 1 is 1.17 bits per heavy atom. The van der Waals surface area contributed by atoms with Crippen LogP contribution in [-0.2, 0) is 4.79 Å². The number of nitrogens with one attached hydrogen (secondary N) is 1. The van der Waals surface area contributed by atoms with Crippen molar-refractivity contribution in [3.05, 3.63) is 47.6 Å². The first-order chi connectivity index (χ1) is 13.9. The predicted octanol–water partition coefficient (Wildman–Crippen LogP) is 4.76. The van der Waals surface area contributed by atoms with E-state index < -0.39 is 0 Å². The number of rotatable bonds is 1. The highest BCUT2D eigenvalue weighted by molar-refractivity contribution is 5.89. The molecule has 0 spiro atoms. The van der Waals surface area contributed by atoms with Crippen molar-refractivity contribution in [2.45, 2.75) is 46.0 Å². The number of amides is 1. The average Bonchev–Trinajstić information content (AvgIpc) is 3.41. The molecule has 1 amide bonds. The molecule has 4 heteroatoms. The lowest BCUT2D eigenvalue weighted by molar-refractivity contribution is -0.116. The monoisotopic (exact) mass is 392 g/mol. The van der Waals surface area contributed by atoms with Crippen molar-refractivity contribution >= 4 is 11.5 Å². The summed E-state index contributed by atoms with van der Waals surface area (Å²) in [6, 6.07) is 1.66. The van der Waals surface area contributed by atoms with E-state index in [0.29, 0.717) is 23.7 Å². The zero-order valence-electron chi connectivity index (χ0n) is 17.2. The van der Waals surface area contributed by atoms with Gasteiger partial charge in [0.2, 0.25) is 5.91 Å². The number of hydrogen-bond acceptors (Lipinski definition) is 2. The maximum Gasteiger partial charge on any atom is 0.243 e. The van der Waals surface area contributed by atoms with Gasteiger partial charge < -0.3 is 5.32 Å². The summed E-state index contributed by atoms with van der Waals surface area (Å²) in [5.74, 6) is 3.19. The van der Waals surface area contributed by atoms with Gasteiger partial charge in [-0.2, -0.15) is 0 Å². The van der Waals surface area contributed by atoms with Gasteiger partial charge in [0.1, 0.15) is 5.82 Å². The Hall–Kier alpha value is -1.97. The van der Waals surface area contributed by atoms with Crippen LogP contribution in [0.15, 0.2) is 36.2 Å². The molecule has 0 radical (unpaired) electrons. The van der Waals surface area contributed by atoms with Gasteiger partial charge in [-0.3, -0.25) is 9.78 Å². The lowest BCUT2D eigenvalue weighted by Crippen LogP contribution is -2.50. The van der Waals surface area contributed by atoms with Gasteiger partial charge in [-0.05, 0) is 89.7 Å². The molecule has 29 heavy (non-hydrogen) atoms. The lowest BCUT2D eigenvalue weighted by Gasteiger charge is -2.56. The fraction of sp³-hybridized carbons (Fsp3) is 0.600. The standard InChI is InChI=1S/C25H29FN2O/c1-24-6-5-20-23(19(24)4-3-18(24)14-9-15(26)13-27-12-14)17-10-16(17)21-11-22(29)28-8-7-25(20,21)2/h3,9,11-13,16-17,19-20,23H,4-8,10H2,1-2H3,(H,28,29)/t16?,17?,19-,20-,23-,24+,25+/m0/s1. The summed E-state index contributed by atoms with van der Waals surface area (Å²) < 4.78 is 13.9. The topological polar surface area (TPSA) is 42.0 Å². The summed E-state index contributed by atoms with van der Waals surface area (Å²) in [6.07, 6.45) is 13.2. The van der Waals surface area contributed by atoms with Crippen molar-refractivity contribution in [3.63, 3.8) is 0 Å². The second-order valence-corrected chi connectivity index (χ2v) is 10.6. The average molecular weight is 393 g/mol. The quantitative estimate of drug-likeness (QED) is 0.749. The van der Waals surface area contributed by atoms with Gasteiger partial charge in [0, 0.05) is 18.8 Å². The highest BCUT2D eigenvalue weighted by Crippen LogP contribution is 2.73. The number of fused-ring (bicyclic) bond motifs is 8. The fourth-order valence-corrected chi connectivity index (χ4v) is 7.99. The molecule has 1 aromatic heterocycles. The first-order valence-electron chi connectivity index (χ1n) is 11.2. The van der Waals surface area contributed by atoms with E-state index in [1.54, 1.807) is 6.07 Å². The van der Waals surface area contributed by atoms with Crippen LogP contribution in [0, 0.1) is 46.2 Å². The van der Waals surface area contributed by atoms with Gasteiger partial charge in [0.15, 0.2) is 0 Å². The van der Waals surface area contributed by atoms with Gasteiger partial charge in [0.25, 0.3) is 0 Å². The maximum atomic E-state index is 13.9. The van der Waals surface area contributed by atoms with E-state index in [4.69, 9.17) is 0 Å². The van der Waals surface area contributed by atoms with Gasteiger partial charge in [0.05, 0.1) is 6.20 Å². The summed E-state index contributed by atoms with van der Waals surface area (Å²) in [5, 5.41) is 3.08. The van der Waals surface area contributed by atoms with Crippen LogP contribution in [0.25, 0.3) is 5.57 Å². The van der Waals surface area contributed by atoms with E-state index in [1.807, 2.05) is 12.3 Å². The maximum absolute atomic E-state index is 13.9. The molecule has 1 aromatic rings. The van der Waals surface area contributed by atoms with E-state index in [1.165, 1.54) is 30.2 Å². The van der Waals surface area contributed by atoms with Crippen LogP contribution >= 0.6 is 0 Å². The Morgan fingerprint density at radius 3 is 2.86 bits per heavy atom. The molecule has 6 rings (SSSR count). The molecule has 4 aliphatic carbocycles. The number of nitrogens with zero attached hydrogens (tertiary/aromatic N) is 1. The van der Waals surface area contributed by atoms with Crippen molar-refractivity contribution in [1.29, 1.82) is 0 Å². The number of carbonyl (C=O) groups is 1. The lowest BCUT2D eigenvalue weighted by atomic mass is 9.47. The molecule has 3 nitrogen and oxygen atoms in total. The molecule has 1 aliphatic heterocycles. The van der Waals surface area contributed by atoms with Gasteiger partial charge in [-0.15, -0.1) is 0 Å². The summed E-state index contributed by atoms with van der Waals surface area (Å²) >= 11 is 0.